The summed E-state index contributed by atoms with van der Waals surface area (Å²) in [6.07, 6.45) is 3.17. The Hall–Kier alpha value is -3.55. The fourth-order valence-electron chi connectivity index (χ4n) is 5.61. The number of carbonyl (C=O) groups is 3. The Kier molecular flexibility index (Phi) is 5.46. The number of carbonyl (C=O) groups excluding carboxylic acids is 3. The van der Waals surface area contributed by atoms with Crippen molar-refractivity contribution in [2.45, 2.75) is 43.2 Å². The molecule has 0 spiro atoms. The second-order valence-electron chi connectivity index (χ2n) is 8.96. The summed E-state index contributed by atoms with van der Waals surface area (Å²) >= 11 is 0. The Balaban J connectivity index is 1.75. The molecule has 7 heteroatoms. The maximum Gasteiger partial charge on any atom is 0.341 e. The molecule has 3 aromatic rings. The summed E-state index contributed by atoms with van der Waals surface area (Å²) in [5.74, 6) is -1.16. The number of ether oxygens (including phenoxy) is 1. The third-order valence-electron chi connectivity index (χ3n) is 7.05. The zero-order chi connectivity index (χ0) is 23.9. The van der Waals surface area contributed by atoms with E-state index in [4.69, 9.17) is 9.57 Å². The van der Waals surface area contributed by atoms with Crippen molar-refractivity contribution in [2.24, 2.45) is 0 Å². The van der Waals surface area contributed by atoms with Crippen LogP contribution >= 0.6 is 0 Å². The predicted molar refractivity (Wildman–Crippen MR) is 126 cm³/mol. The van der Waals surface area contributed by atoms with Gasteiger partial charge in [-0.2, -0.15) is 5.48 Å². The Morgan fingerprint density at radius 1 is 1.15 bits per heavy atom. The highest BCUT2D eigenvalue weighted by Gasteiger charge is 2.61. The molecule has 2 aromatic carbocycles. The van der Waals surface area contributed by atoms with E-state index in [2.05, 4.69) is 12.1 Å². The first-order chi connectivity index (χ1) is 16.5. The van der Waals surface area contributed by atoms with E-state index in [1.165, 1.54) is 7.11 Å². The number of allylic oxidation sites excluding steroid dienone is 1. The molecule has 0 amide bonds. The Morgan fingerprint density at radius 2 is 1.88 bits per heavy atom. The summed E-state index contributed by atoms with van der Waals surface area (Å²) in [6.45, 7) is 3.91. The van der Waals surface area contributed by atoms with Gasteiger partial charge in [-0.1, -0.05) is 54.6 Å². The molecule has 174 valence electrons. The van der Waals surface area contributed by atoms with Crippen molar-refractivity contribution in [3.05, 3.63) is 84.1 Å². The van der Waals surface area contributed by atoms with Gasteiger partial charge in [-0.15, -0.1) is 6.58 Å². The summed E-state index contributed by atoms with van der Waals surface area (Å²) in [5.41, 5.74) is 2.77. The molecule has 0 fully saturated rings. The fourth-order valence-corrected chi connectivity index (χ4v) is 5.61. The fraction of sp³-hybridized carbons (Fsp3) is 0.296. The van der Waals surface area contributed by atoms with E-state index in [0.29, 0.717) is 41.4 Å². The molecular weight excluding hydrogens is 432 g/mol. The van der Waals surface area contributed by atoms with Crippen LogP contribution in [0.1, 0.15) is 47.3 Å². The minimum atomic E-state index is -1.90. The van der Waals surface area contributed by atoms with E-state index in [1.807, 2.05) is 54.6 Å². The number of aromatic nitrogens is 1. The van der Waals surface area contributed by atoms with Crippen molar-refractivity contribution in [3.63, 3.8) is 0 Å². The minimum Gasteiger partial charge on any atom is -0.459 e. The second-order valence-corrected chi connectivity index (χ2v) is 8.96. The molecule has 0 saturated heterocycles. The highest BCUT2D eigenvalue weighted by molar-refractivity contribution is 6.15. The van der Waals surface area contributed by atoms with Crippen LogP contribution in [0.25, 0.3) is 10.9 Å². The van der Waals surface area contributed by atoms with Gasteiger partial charge in [0.25, 0.3) is 0 Å². The summed E-state index contributed by atoms with van der Waals surface area (Å²) in [4.78, 5) is 46.1. The smallest absolute Gasteiger partial charge is 0.341 e. The standard InChI is InChI=1S/C27H26N2O5/c1-3-14-26-15-13-22(31)29-20-12-8-7-11-19(20)23(24(26)29)27(28-33-2,21(30)16-26)25(32)34-17-18-9-5-4-6-10-18/h3-12,28H,1,13-17H2,2H3/t26-,27-/m1/s1. The molecule has 0 saturated carbocycles. The lowest BCUT2D eigenvalue weighted by molar-refractivity contribution is -0.166. The van der Waals surface area contributed by atoms with Crippen LogP contribution < -0.4 is 5.48 Å². The van der Waals surface area contributed by atoms with Crippen LogP contribution in [0.4, 0.5) is 0 Å². The van der Waals surface area contributed by atoms with Crippen molar-refractivity contribution >= 4 is 28.6 Å². The molecule has 1 N–H and O–H groups in total. The van der Waals surface area contributed by atoms with Crippen LogP contribution in [0.15, 0.2) is 67.3 Å². The van der Waals surface area contributed by atoms with Gasteiger partial charge in [-0.05, 0) is 24.5 Å². The van der Waals surface area contributed by atoms with Crippen molar-refractivity contribution in [1.29, 1.82) is 0 Å². The van der Waals surface area contributed by atoms with Gasteiger partial charge in [0.05, 0.1) is 12.6 Å². The van der Waals surface area contributed by atoms with E-state index in [9.17, 15) is 14.4 Å². The van der Waals surface area contributed by atoms with E-state index in [-0.39, 0.29) is 24.7 Å². The van der Waals surface area contributed by atoms with E-state index >= 15 is 0 Å². The number of benzene rings is 2. The predicted octanol–water partition coefficient (Wildman–Crippen LogP) is 3.95. The molecule has 7 nitrogen and oxygen atoms in total. The normalized spacial score (nSPS) is 23.6. The van der Waals surface area contributed by atoms with Crippen molar-refractivity contribution in [2.75, 3.05) is 7.11 Å². The van der Waals surface area contributed by atoms with Gasteiger partial charge in [0.1, 0.15) is 6.61 Å². The Bertz CT molecular complexity index is 1310. The van der Waals surface area contributed by atoms with Crippen molar-refractivity contribution in [3.8, 4) is 0 Å². The lowest BCUT2D eigenvalue weighted by Crippen LogP contribution is -2.61. The molecule has 1 aliphatic carbocycles. The third-order valence-corrected chi connectivity index (χ3v) is 7.05. The molecule has 1 aromatic heterocycles. The van der Waals surface area contributed by atoms with Gasteiger partial charge in [0.15, 0.2) is 5.78 Å². The first-order valence-electron chi connectivity index (χ1n) is 11.3. The van der Waals surface area contributed by atoms with Gasteiger partial charge in [0.2, 0.25) is 11.4 Å². The number of nitrogens with one attached hydrogen (secondary N) is 1. The lowest BCUT2D eigenvalue weighted by Gasteiger charge is -2.46. The molecule has 2 heterocycles. The van der Waals surface area contributed by atoms with Crippen LogP contribution in [0.3, 0.4) is 0 Å². The average molecular weight is 459 g/mol. The van der Waals surface area contributed by atoms with Crippen LogP contribution in [0.2, 0.25) is 0 Å². The number of hydroxylamine groups is 1. The summed E-state index contributed by atoms with van der Waals surface area (Å²) in [6, 6.07) is 16.6. The summed E-state index contributed by atoms with van der Waals surface area (Å²) in [7, 11) is 1.36. The van der Waals surface area contributed by atoms with E-state index in [1.54, 1.807) is 10.6 Å². The van der Waals surface area contributed by atoms with Gasteiger partial charge >= 0.3 is 5.97 Å². The second kappa shape index (κ2) is 8.34. The quantitative estimate of drug-likeness (QED) is 0.250. The molecular formula is C27H26N2O5. The number of Topliss-reactive ketones (excluding diaryl/α,β-unsaturated/α-hetero) is 1. The monoisotopic (exact) mass is 458 g/mol. The largest absolute Gasteiger partial charge is 0.459 e. The maximum atomic E-state index is 14.0. The number of hydrogen-bond acceptors (Lipinski definition) is 6. The summed E-state index contributed by atoms with van der Waals surface area (Å²) < 4.78 is 7.38. The van der Waals surface area contributed by atoms with Gasteiger partial charge in [-0.25, -0.2) is 4.79 Å². The number of esters is 1. The summed E-state index contributed by atoms with van der Waals surface area (Å²) in [5, 5.41) is 0.649. The number of hydrogen-bond donors (Lipinski definition) is 1. The van der Waals surface area contributed by atoms with Crippen molar-refractivity contribution in [1.82, 2.24) is 10.0 Å². The number of para-hydroxylation sites is 1. The Morgan fingerprint density at radius 3 is 2.62 bits per heavy atom. The van der Waals surface area contributed by atoms with Crippen LogP contribution in [-0.4, -0.2) is 29.3 Å². The highest BCUT2D eigenvalue weighted by Crippen LogP contribution is 2.53. The number of nitrogens with zero attached hydrogens (tertiary/aromatic N) is 1. The third kappa shape index (κ3) is 3.08. The molecule has 5 rings (SSSR count). The number of rotatable bonds is 7. The van der Waals surface area contributed by atoms with Crippen LogP contribution in [-0.2, 0) is 36.7 Å². The van der Waals surface area contributed by atoms with Crippen LogP contribution in [0.5, 0.6) is 0 Å². The maximum absolute atomic E-state index is 14.0. The first-order valence-corrected chi connectivity index (χ1v) is 11.3. The Labute approximate surface area is 197 Å². The van der Waals surface area contributed by atoms with Crippen LogP contribution in [0, 0.1) is 0 Å². The molecule has 34 heavy (non-hydrogen) atoms. The number of fused-ring (bicyclic) bond motifs is 3. The SMILES string of the molecule is C=CC[C@]12CCC(=O)n3c1c(c1ccccc13)[C@@](NOC)(C(=O)OCc1ccccc1)C(=O)C2. The molecule has 0 bridgehead atoms. The molecule has 2 atom stereocenters. The van der Waals surface area contributed by atoms with Gasteiger partial charge < -0.3 is 9.57 Å². The molecule has 2 aliphatic rings. The molecule has 0 radical (unpaired) electrons. The molecule has 1 aliphatic heterocycles. The average Bonchev–Trinajstić information content (AvgIpc) is 3.21. The van der Waals surface area contributed by atoms with E-state index < -0.39 is 16.9 Å². The lowest BCUT2D eigenvalue weighted by atomic mass is 9.61. The van der Waals surface area contributed by atoms with E-state index in [0.717, 1.165) is 5.56 Å². The van der Waals surface area contributed by atoms with Gasteiger partial charge in [0, 0.05) is 34.9 Å². The first kappa shape index (κ1) is 22.3. The zero-order valence-electron chi connectivity index (χ0n) is 19.0. The zero-order valence-corrected chi connectivity index (χ0v) is 19.0. The molecule has 0 unspecified atom stereocenters. The van der Waals surface area contributed by atoms with Crippen molar-refractivity contribution < 1.29 is 24.0 Å². The minimum absolute atomic E-state index is 0.00477. The van der Waals surface area contributed by atoms with Gasteiger partial charge in [-0.3, -0.25) is 14.2 Å². The topological polar surface area (TPSA) is 86.6 Å². The highest BCUT2D eigenvalue weighted by atomic mass is 16.6. The number of ketones is 1.